The molecule has 12 heavy (non-hydrogen) atoms. The van der Waals surface area contributed by atoms with Gasteiger partial charge in [0, 0.05) is 22.8 Å². The number of rotatable bonds is 0. The van der Waals surface area contributed by atoms with E-state index in [1.165, 1.54) is 5.56 Å². The van der Waals surface area contributed by atoms with Crippen LogP contribution in [0, 0.1) is 0 Å². The number of anilines is 1. The van der Waals surface area contributed by atoms with Crippen molar-refractivity contribution >= 4 is 17.4 Å². The third-order valence-electron chi connectivity index (χ3n) is 1.83. The second kappa shape index (κ2) is 3.27. The molecule has 3 heteroatoms. The number of ether oxygens (including phenoxy) is 1. The van der Waals surface area contributed by atoms with Crippen molar-refractivity contribution in [2.75, 3.05) is 18.1 Å². The smallest absolute Gasteiger partial charge is 0.123 e. The molecule has 0 unspecified atom stereocenters. The van der Waals surface area contributed by atoms with Gasteiger partial charge in [0.25, 0.3) is 0 Å². The molecular formula is C9H11NOS. The quantitative estimate of drug-likeness (QED) is 0.621. The maximum Gasteiger partial charge on any atom is 0.123 e. The van der Waals surface area contributed by atoms with Crippen molar-refractivity contribution in [2.45, 2.75) is 5.75 Å². The SMILES string of the molecule is Nc1ccc2c(c1)CSCCO2. The summed E-state index contributed by atoms with van der Waals surface area (Å²) in [5.41, 5.74) is 7.71. The Hall–Kier alpha value is -0.830. The van der Waals surface area contributed by atoms with Crippen molar-refractivity contribution in [3.63, 3.8) is 0 Å². The van der Waals surface area contributed by atoms with Crippen molar-refractivity contribution < 1.29 is 4.74 Å². The molecule has 0 amide bonds. The highest BCUT2D eigenvalue weighted by Crippen LogP contribution is 2.28. The first kappa shape index (κ1) is 7.80. The summed E-state index contributed by atoms with van der Waals surface area (Å²) in [4.78, 5) is 0. The molecule has 1 aromatic rings. The van der Waals surface area contributed by atoms with Gasteiger partial charge in [0.2, 0.25) is 0 Å². The van der Waals surface area contributed by atoms with Crippen LogP contribution in [0.15, 0.2) is 18.2 Å². The molecule has 0 fully saturated rings. The Morgan fingerprint density at radius 1 is 1.42 bits per heavy atom. The summed E-state index contributed by atoms with van der Waals surface area (Å²) in [7, 11) is 0. The second-order valence-electron chi connectivity index (χ2n) is 2.77. The fourth-order valence-electron chi connectivity index (χ4n) is 1.25. The molecule has 0 bridgehead atoms. The van der Waals surface area contributed by atoms with Gasteiger partial charge in [-0.1, -0.05) is 0 Å². The fourth-order valence-corrected chi connectivity index (χ4v) is 2.04. The number of nitrogens with two attached hydrogens (primary N) is 1. The molecule has 2 nitrogen and oxygen atoms in total. The second-order valence-corrected chi connectivity index (χ2v) is 3.87. The zero-order valence-electron chi connectivity index (χ0n) is 6.75. The predicted molar refractivity (Wildman–Crippen MR) is 52.5 cm³/mol. The lowest BCUT2D eigenvalue weighted by Gasteiger charge is -2.05. The first-order valence-corrected chi connectivity index (χ1v) is 5.11. The summed E-state index contributed by atoms with van der Waals surface area (Å²) >= 11 is 1.89. The molecule has 1 aromatic carbocycles. The number of hydrogen-bond donors (Lipinski definition) is 1. The summed E-state index contributed by atoms with van der Waals surface area (Å²) in [6, 6.07) is 5.83. The van der Waals surface area contributed by atoms with Gasteiger partial charge in [0.15, 0.2) is 0 Å². The topological polar surface area (TPSA) is 35.2 Å². The van der Waals surface area contributed by atoms with Crippen LogP contribution in [-0.4, -0.2) is 12.4 Å². The third kappa shape index (κ3) is 1.50. The van der Waals surface area contributed by atoms with Gasteiger partial charge in [-0.15, -0.1) is 0 Å². The first-order valence-electron chi connectivity index (χ1n) is 3.95. The van der Waals surface area contributed by atoms with Crippen LogP contribution >= 0.6 is 11.8 Å². The van der Waals surface area contributed by atoms with E-state index in [-0.39, 0.29) is 0 Å². The van der Waals surface area contributed by atoms with Crippen LogP contribution in [0.3, 0.4) is 0 Å². The zero-order valence-corrected chi connectivity index (χ0v) is 7.56. The van der Waals surface area contributed by atoms with Gasteiger partial charge in [-0.05, 0) is 18.2 Å². The van der Waals surface area contributed by atoms with E-state index in [9.17, 15) is 0 Å². The molecule has 2 N–H and O–H groups in total. The molecule has 0 spiro atoms. The Morgan fingerprint density at radius 2 is 2.33 bits per heavy atom. The van der Waals surface area contributed by atoms with Gasteiger partial charge in [0.1, 0.15) is 5.75 Å². The molecule has 2 rings (SSSR count). The van der Waals surface area contributed by atoms with Gasteiger partial charge in [-0.3, -0.25) is 0 Å². The summed E-state index contributed by atoms with van der Waals surface area (Å²) in [5, 5.41) is 0. The van der Waals surface area contributed by atoms with E-state index in [4.69, 9.17) is 10.5 Å². The van der Waals surface area contributed by atoms with E-state index in [2.05, 4.69) is 0 Å². The highest BCUT2D eigenvalue weighted by Gasteiger charge is 2.08. The predicted octanol–water partition coefficient (Wildman–Crippen LogP) is 1.89. The maximum atomic E-state index is 5.67. The maximum absolute atomic E-state index is 5.67. The highest BCUT2D eigenvalue weighted by atomic mass is 32.2. The number of thioether (sulfide) groups is 1. The zero-order chi connectivity index (χ0) is 8.39. The summed E-state index contributed by atoms with van der Waals surface area (Å²) in [5.74, 6) is 3.07. The van der Waals surface area contributed by atoms with Gasteiger partial charge in [-0.2, -0.15) is 11.8 Å². The van der Waals surface area contributed by atoms with Gasteiger partial charge < -0.3 is 10.5 Å². The summed E-state index contributed by atoms with van der Waals surface area (Å²) in [6.45, 7) is 0.807. The Labute approximate surface area is 76.1 Å². The van der Waals surface area contributed by atoms with Crippen LogP contribution in [0.2, 0.25) is 0 Å². The molecule has 0 atom stereocenters. The van der Waals surface area contributed by atoms with Crippen LogP contribution in [0.1, 0.15) is 5.56 Å². The van der Waals surface area contributed by atoms with Crippen molar-refractivity contribution in [1.29, 1.82) is 0 Å². The van der Waals surface area contributed by atoms with Crippen molar-refractivity contribution in [2.24, 2.45) is 0 Å². The molecule has 0 saturated heterocycles. The lowest BCUT2D eigenvalue weighted by molar-refractivity contribution is 0.344. The van der Waals surface area contributed by atoms with Crippen molar-refractivity contribution in [3.05, 3.63) is 23.8 Å². The molecule has 1 aliphatic rings. The molecule has 0 saturated carbocycles. The average molecular weight is 181 g/mol. The lowest BCUT2D eigenvalue weighted by Crippen LogP contribution is -1.98. The Morgan fingerprint density at radius 3 is 3.25 bits per heavy atom. The molecule has 0 aromatic heterocycles. The average Bonchev–Trinajstić information content (AvgIpc) is 2.28. The molecular weight excluding hydrogens is 170 g/mol. The highest BCUT2D eigenvalue weighted by molar-refractivity contribution is 7.98. The Balaban J connectivity index is 2.36. The summed E-state index contributed by atoms with van der Waals surface area (Å²) in [6.07, 6.45) is 0. The first-order chi connectivity index (χ1) is 5.86. The Bertz CT molecular complexity index is 288. The number of benzene rings is 1. The van der Waals surface area contributed by atoms with Crippen molar-refractivity contribution in [3.8, 4) is 5.75 Å². The van der Waals surface area contributed by atoms with Crippen LogP contribution in [0.4, 0.5) is 5.69 Å². The number of hydrogen-bond acceptors (Lipinski definition) is 3. The largest absolute Gasteiger partial charge is 0.492 e. The van der Waals surface area contributed by atoms with Crippen LogP contribution in [-0.2, 0) is 5.75 Å². The van der Waals surface area contributed by atoms with Gasteiger partial charge >= 0.3 is 0 Å². The van der Waals surface area contributed by atoms with Crippen LogP contribution in [0.5, 0.6) is 5.75 Å². The lowest BCUT2D eigenvalue weighted by atomic mass is 10.2. The third-order valence-corrected chi connectivity index (χ3v) is 2.80. The van der Waals surface area contributed by atoms with E-state index in [0.717, 1.165) is 29.5 Å². The Kier molecular flexibility index (Phi) is 2.13. The van der Waals surface area contributed by atoms with Crippen molar-refractivity contribution in [1.82, 2.24) is 0 Å². The van der Waals surface area contributed by atoms with Gasteiger partial charge in [0.05, 0.1) is 6.61 Å². The fraction of sp³-hybridized carbons (Fsp3) is 0.333. The minimum atomic E-state index is 0.807. The van der Waals surface area contributed by atoms with E-state index in [1.807, 2.05) is 30.0 Å². The number of fused-ring (bicyclic) bond motifs is 1. The van der Waals surface area contributed by atoms with E-state index in [0.29, 0.717) is 0 Å². The molecule has 0 aliphatic carbocycles. The molecule has 1 aliphatic heterocycles. The minimum absolute atomic E-state index is 0.807. The minimum Gasteiger partial charge on any atom is -0.492 e. The molecule has 0 radical (unpaired) electrons. The van der Waals surface area contributed by atoms with E-state index >= 15 is 0 Å². The monoisotopic (exact) mass is 181 g/mol. The summed E-state index contributed by atoms with van der Waals surface area (Å²) < 4.78 is 5.53. The van der Waals surface area contributed by atoms with E-state index in [1.54, 1.807) is 0 Å². The normalized spacial score (nSPS) is 16.0. The standard InChI is InChI=1S/C9H11NOS/c10-8-1-2-9-7(5-8)6-12-4-3-11-9/h1-2,5H,3-4,6,10H2. The van der Waals surface area contributed by atoms with E-state index < -0.39 is 0 Å². The number of nitrogen functional groups attached to an aromatic ring is 1. The van der Waals surface area contributed by atoms with Crippen LogP contribution < -0.4 is 10.5 Å². The van der Waals surface area contributed by atoms with Crippen LogP contribution in [0.25, 0.3) is 0 Å². The molecule has 1 heterocycles. The molecule has 64 valence electrons. The van der Waals surface area contributed by atoms with Gasteiger partial charge in [-0.25, -0.2) is 0 Å².